The van der Waals surface area contributed by atoms with E-state index in [9.17, 15) is 0 Å². The molecule has 0 bridgehead atoms. The lowest BCUT2D eigenvalue weighted by atomic mass is 9.96. The molecule has 1 aromatic rings. The summed E-state index contributed by atoms with van der Waals surface area (Å²) in [5, 5.41) is 0. The molecule has 0 aliphatic heterocycles. The van der Waals surface area contributed by atoms with Crippen LogP contribution in [0.4, 0.5) is 0 Å². The van der Waals surface area contributed by atoms with Crippen molar-refractivity contribution in [1.82, 2.24) is 4.90 Å². The molecular formula is C13H21BrN2. The molecule has 90 valence electrons. The normalized spacial score (nSPS) is 15.1. The molecule has 0 heterocycles. The van der Waals surface area contributed by atoms with Crippen molar-refractivity contribution in [2.24, 2.45) is 5.73 Å². The van der Waals surface area contributed by atoms with Crippen molar-refractivity contribution in [3.8, 4) is 0 Å². The number of nitrogens with zero attached hydrogens (tertiary/aromatic N) is 1. The Balaban J connectivity index is 2.78. The van der Waals surface area contributed by atoms with Crippen LogP contribution in [0.2, 0.25) is 0 Å². The second-order valence-electron chi connectivity index (χ2n) is 4.50. The second kappa shape index (κ2) is 5.80. The highest BCUT2D eigenvalue weighted by Crippen LogP contribution is 2.22. The molecule has 0 amide bonds. The molecule has 0 radical (unpaired) electrons. The highest BCUT2D eigenvalue weighted by molar-refractivity contribution is 9.10. The van der Waals surface area contributed by atoms with Gasteiger partial charge in [-0.1, -0.05) is 41.1 Å². The Labute approximate surface area is 107 Å². The van der Waals surface area contributed by atoms with Crippen LogP contribution in [0.5, 0.6) is 0 Å². The predicted octanol–water partition coefficient (Wildman–Crippen LogP) is 3.01. The van der Waals surface area contributed by atoms with Gasteiger partial charge in [-0.25, -0.2) is 0 Å². The van der Waals surface area contributed by atoms with Gasteiger partial charge in [-0.2, -0.15) is 0 Å². The molecule has 2 nitrogen and oxygen atoms in total. The number of hydrogen-bond acceptors (Lipinski definition) is 2. The van der Waals surface area contributed by atoms with Crippen LogP contribution in [0.1, 0.15) is 25.8 Å². The van der Waals surface area contributed by atoms with Crippen molar-refractivity contribution < 1.29 is 0 Å². The van der Waals surface area contributed by atoms with Gasteiger partial charge >= 0.3 is 0 Å². The minimum absolute atomic E-state index is 0.0787. The van der Waals surface area contributed by atoms with Gasteiger partial charge in [0, 0.05) is 23.1 Å². The van der Waals surface area contributed by atoms with E-state index in [0.29, 0.717) is 6.54 Å². The molecule has 0 spiro atoms. The van der Waals surface area contributed by atoms with Crippen LogP contribution in [-0.4, -0.2) is 24.0 Å². The molecule has 1 aromatic carbocycles. The van der Waals surface area contributed by atoms with Crippen LogP contribution in [0.15, 0.2) is 28.7 Å². The Hall–Kier alpha value is -0.380. The summed E-state index contributed by atoms with van der Waals surface area (Å²) in [6.07, 6.45) is 1.06. The number of rotatable bonds is 5. The third-order valence-electron chi connectivity index (χ3n) is 3.49. The number of benzene rings is 1. The first-order valence-electron chi connectivity index (χ1n) is 5.68. The predicted molar refractivity (Wildman–Crippen MR) is 73.4 cm³/mol. The minimum atomic E-state index is 0.0787. The minimum Gasteiger partial charge on any atom is -0.329 e. The lowest BCUT2D eigenvalue weighted by Crippen LogP contribution is -2.48. The molecule has 16 heavy (non-hydrogen) atoms. The highest BCUT2D eigenvalue weighted by atomic mass is 79.9. The number of likely N-dealkylation sites (N-methyl/N-ethyl adjacent to an activating group) is 1. The Morgan fingerprint density at radius 2 is 2.00 bits per heavy atom. The molecular weight excluding hydrogens is 264 g/mol. The number of nitrogens with two attached hydrogens (primary N) is 1. The van der Waals surface area contributed by atoms with E-state index in [4.69, 9.17) is 5.73 Å². The molecule has 1 unspecified atom stereocenters. The van der Waals surface area contributed by atoms with E-state index in [-0.39, 0.29) is 5.54 Å². The molecule has 0 saturated carbocycles. The SMILES string of the molecule is CCC(C)(CN)N(C)Cc1ccccc1Br. The monoisotopic (exact) mass is 284 g/mol. The van der Waals surface area contributed by atoms with Gasteiger partial charge < -0.3 is 5.73 Å². The van der Waals surface area contributed by atoms with Gasteiger partial charge in [0.1, 0.15) is 0 Å². The first-order valence-corrected chi connectivity index (χ1v) is 6.47. The van der Waals surface area contributed by atoms with Gasteiger partial charge in [-0.3, -0.25) is 4.90 Å². The van der Waals surface area contributed by atoms with Crippen LogP contribution < -0.4 is 5.73 Å². The summed E-state index contributed by atoms with van der Waals surface area (Å²) in [5.41, 5.74) is 7.24. The Morgan fingerprint density at radius 3 is 2.50 bits per heavy atom. The van der Waals surface area contributed by atoms with Crippen molar-refractivity contribution in [3.05, 3.63) is 34.3 Å². The topological polar surface area (TPSA) is 29.3 Å². The van der Waals surface area contributed by atoms with Crippen molar-refractivity contribution in [3.63, 3.8) is 0 Å². The standard InChI is InChI=1S/C13H21BrN2/c1-4-13(2,10-15)16(3)9-11-7-5-6-8-12(11)14/h5-8H,4,9-10,15H2,1-3H3. The smallest absolute Gasteiger partial charge is 0.0301 e. The van der Waals surface area contributed by atoms with E-state index in [2.05, 4.69) is 59.9 Å². The summed E-state index contributed by atoms with van der Waals surface area (Å²) in [5.74, 6) is 0. The second-order valence-corrected chi connectivity index (χ2v) is 5.36. The molecule has 0 aliphatic carbocycles. The van der Waals surface area contributed by atoms with E-state index < -0.39 is 0 Å². The van der Waals surface area contributed by atoms with E-state index in [1.54, 1.807) is 0 Å². The molecule has 2 N–H and O–H groups in total. The van der Waals surface area contributed by atoms with E-state index in [1.807, 2.05) is 6.07 Å². The van der Waals surface area contributed by atoms with E-state index in [1.165, 1.54) is 5.56 Å². The molecule has 0 aliphatic rings. The molecule has 1 rings (SSSR count). The summed E-state index contributed by atoms with van der Waals surface area (Å²) in [6.45, 7) is 6.00. The summed E-state index contributed by atoms with van der Waals surface area (Å²) in [7, 11) is 2.13. The van der Waals surface area contributed by atoms with Crippen LogP contribution in [0, 0.1) is 0 Å². The Kier molecular flexibility index (Phi) is 4.96. The van der Waals surface area contributed by atoms with E-state index in [0.717, 1.165) is 17.4 Å². The van der Waals surface area contributed by atoms with Gasteiger partial charge in [0.2, 0.25) is 0 Å². The van der Waals surface area contributed by atoms with Gasteiger partial charge in [-0.05, 0) is 32.0 Å². The van der Waals surface area contributed by atoms with Crippen molar-refractivity contribution in [2.75, 3.05) is 13.6 Å². The van der Waals surface area contributed by atoms with Gasteiger partial charge in [0.15, 0.2) is 0 Å². The third-order valence-corrected chi connectivity index (χ3v) is 4.26. The lowest BCUT2D eigenvalue weighted by molar-refractivity contribution is 0.131. The fourth-order valence-corrected chi connectivity index (χ4v) is 2.05. The number of hydrogen-bond donors (Lipinski definition) is 1. The maximum Gasteiger partial charge on any atom is 0.0301 e. The van der Waals surface area contributed by atoms with Gasteiger partial charge in [-0.15, -0.1) is 0 Å². The molecule has 0 aromatic heterocycles. The van der Waals surface area contributed by atoms with Crippen LogP contribution in [0.25, 0.3) is 0 Å². The van der Waals surface area contributed by atoms with E-state index >= 15 is 0 Å². The summed E-state index contributed by atoms with van der Waals surface area (Å²) >= 11 is 3.58. The van der Waals surface area contributed by atoms with Crippen molar-refractivity contribution >= 4 is 15.9 Å². The zero-order valence-electron chi connectivity index (χ0n) is 10.3. The fraction of sp³-hybridized carbons (Fsp3) is 0.538. The van der Waals surface area contributed by atoms with Crippen molar-refractivity contribution in [2.45, 2.75) is 32.4 Å². The largest absolute Gasteiger partial charge is 0.329 e. The maximum absolute atomic E-state index is 5.86. The number of halogens is 1. The summed E-state index contributed by atoms with van der Waals surface area (Å²) in [4.78, 5) is 2.33. The zero-order chi connectivity index (χ0) is 12.2. The Bertz CT molecular complexity index is 334. The zero-order valence-corrected chi connectivity index (χ0v) is 11.9. The molecule has 0 fully saturated rings. The third kappa shape index (κ3) is 3.06. The first kappa shape index (κ1) is 13.7. The maximum atomic E-state index is 5.86. The molecule has 3 heteroatoms. The quantitative estimate of drug-likeness (QED) is 0.901. The molecule has 0 saturated heterocycles. The Morgan fingerprint density at radius 1 is 1.38 bits per heavy atom. The van der Waals surface area contributed by atoms with Gasteiger partial charge in [0.05, 0.1) is 0 Å². The molecule has 1 atom stereocenters. The first-order chi connectivity index (χ1) is 7.53. The summed E-state index contributed by atoms with van der Waals surface area (Å²) < 4.78 is 1.16. The fourth-order valence-electron chi connectivity index (χ4n) is 1.64. The average Bonchev–Trinajstić information content (AvgIpc) is 2.31. The lowest BCUT2D eigenvalue weighted by Gasteiger charge is -2.37. The van der Waals surface area contributed by atoms with Crippen LogP contribution >= 0.6 is 15.9 Å². The van der Waals surface area contributed by atoms with Crippen LogP contribution in [-0.2, 0) is 6.54 Å². The van der Waals surface area contributed by atoms with Crippen LogP contribution in [0.3, 0.4) is 0 Å². The average molecular weight is 285 g/mol. The highest BCUT2D eigenvalue weighted by Gasteiger charge is 2.25. The summed E-state index contributed by atoms with van der Waals surface area (Å²) in [6, 6.07) is 8.33. The van der Waals surface area contributed by atoms with Gasteiger partial charge in [0.25, 0.3) is 0 Å². The van der Waals surface area contributed by atoms with Crippen molar-refractivity contribution in [1.29, 1.82) is 0 Å².